The van der Waals surface area contributed by atoms with Crippen molar-refractivity contribution in [3.05, 3.63) is 65.5 Å². The fraction of sp³-hybridized carbons (Fsp3) is 0.500. The molecule has 7 nitrogen and oxygen atoms in total. The van der Waals surface area contributed by atoms with E-state index in [1.807, 2.05) is 36.4 Å². The van der Waals surface area contributed by atoms with E-state index in [1.165, 1.54) is 5.56 Å². The maximum absolute atomic E-state index is 13.3. The van der Waals surface area contributed by atoms with Crippen molar-refractivity contribution in [3.8, 4) is 17.1 Å². The van der Waals surface area contributed by atoms with Gasteiger partial charge >= 0.3 is 0 Å². The number of carbonyl (C=O) groups is 1. The highest BCUT2D eigenvalue weighted by Crippen LogP contribution is 2.39. The number of para-hydroxylation sites is 1. The van der Waals surface area contributed by atoms with Gasteiger partial charge in [0.2, 0.25) is 17.6 Å². The van der Waals surface area contributed by atoms with Gasteiger partial charge in [0.25, 0.3) is 0 Å². The zero-order valence-electron chi connectivity index (χ0n) is 22.6. The summed E-state index contributed by atoms with van der Waals surface area (Å²) in [5.41, 5.74) is 3.04. The van der Waals surface area contributed by atoms with Gasteiger partial charge in [-0.25, -0.2) is 0 Å². The summed E-state index contributed by atoms with van der Waals surface area (Å²) in [6, 6.07) is 16.3. The van der Waals surface area contributed by atoms with E-state index in [9.17, 15) is 4.79 Å². The third-order valence-electron chi connectivity index (χ3n) is 7.41. The zero-order chi connectivity index (χ0) is 26.2. The van der Waals surface area contributed by atoms with Gasteiger partial charge in [-0.3, -0.25) is 9.69 Å². The van der Waals surface area contributed by atoms with Gasteiger partial charge in [0.05, 0.1) is 18.5 Å². The monoisotopic (exact) mass is 502 g/mol. The minimum absolute atomic E-state index is 0.0500. The molecule has 5 rings (SSSR count). The lowest BCUT2D eigenvalue weighted by molar-refractivity contribution is -0.128. The standard InChI is InChI=1S/C30H38N4O3/c1-29(2,3)22-14-12-20(13-15-22)27-32-26(37-33-27)19-34-16-8-9-21(18-34)28(35)31-24-17-30(4,5)36-25-11-7-6-10-23(24)25/h6-7,10-15,21,24H,8-9,16-19H2,1-5H3,(H,31,35). The summed E-state index contributed by atoms with van der Waals surface area (Å²) in [5.74, 6) is 2.07. The van der Waals surface area contributed by atoms with E-state index in [1.54, 1.807) is 0 Å². The normalized spacial score (nSPS) is 21.6. The second-order valence-corrected chi connectivity index (χ2v) is 12.1. The van der Waals surface area contributed by atoms with Crippen LogP contribution in [-0.2, 0) is 16.8 Å². The number of rotatable bonds is 5. The van der Waals surface area contributed by atoms with Gasteiger partial charge in [-0.05, 0) is 50.3 Å². The molecule has 0 saturated carbocycles. The molecule has 2 aliphatic rings. The molecule has 37 heavy (non-hydrogen) atoms. The van der Waals surface area contributed by atoms with Crippen molar-refractivity contribution in [1.29, 1.82) is 0 Å². The van der Waals surface area contributed by atoms with Crippen LogP contribution in [0.5, 0.6) is 5.75 Å². The van der Waals surface area contributed by atoms with Crippen LogP contribution < -0.4 is 10.1 Å². The molecule has 1 saturated heterocycles. The van der Waals surface area contributed by atoms with Crippen LogP contribution in [0.1, 0.15) is 76.9 Å². The van der Waals surface area contributed by atoms with Crippen molar-refractivity contribution in [2.45, 2.75) is 77.5 Å². The van der Waals surface area contributed by atoms with E-state index in [2.05, 4.69) is 67.1 Å². The van der Waals surface area contributed by atoms with Crippen molar-refractivity contribution >= 4 is 5.91 Å². The lowest BCUT2D eigenvalue weighted by atomic mass is 9.87. The summed E-state index contributed by atoms with van der Waals surface area (Å²) in [6.45, 7) is 12.9. The van der Waals surface area contributed by atoms with Gasteiger partial charge in [-0.15, -0.1) is 0 Å². The number of amides is 1. The van der Waals surface area contributed by atoms with Crippen LogP contribution in [0.4, 0.5) is 0 Å². The fourth-order valence-electron chi connectivity index (χ4n) is 5.38. The Bertz CT molecular complexity index is 1240. The average Bonchev–Trinajstić information content (AvgIpc) is 3.31. The summed E-state index contributed by atoms with van der Waals surface area (Å²) in [5, 5.41) is 7.53. The number of benzene rings is 2. The SMILES string of the molecule is CC1(C)CC(NC(=O)C2CCCN(Cc3nc(-c4ccc(C(C)(C)C)cc4)no3)C2)c2ccccc2O1. The summed E-state index contributed by atoms with van der Waals surface area (Å²) >= 11 is 0. The Labute approximate surface area is 219 Å². The highest BCUT2D eigenvalue weighted by molar-refractivity contribution is 5.79. The number of hydrogen-bond donors (Lipinski definition) is 1. The maximum atomic E-state index is 13.3. The molecule has 2 aromatic carbocycles. The minimum Gasteiger partial charge on any atom is -0.487 e. The second kappa shape index (κ2) is 9.93. The number of fused-ring (bicyclic) bond motifs is 1. The second-order valence-electron chi connectivity index (χ2n) is 12.1. The zero-order valence-corrected chi connectivity index (χ0v) is 22.6. The molecule has 2 aliphatic heterocycles. The first kappa shape index (κ1) is 25.5. The van der Waals surface area contributed by atoms with E-state index < -0.39 is 0 Å². The van der Waals surface area contributed by atoms with Gasteiger partial charge in [-0.2, -0.15) is 4.98 Å². The molecule has 1 N–H and O–H groups in total. The number of piperidine rings is 1. The molecule has 1 amide bonds. The molecule has 1 fully saturated rings. The molecule has 2 atom stereocenters. The van der Waals surface area contributed by atoms with Gasteiger partial charge < -0.3 is 14.6 Å². The number of ether oxygens (including phenoxy) is 1. The third kappa shape index (κ3) is 5.87. The van der Waals surface area contributed by atoms with E-state index in [-0.39, 0.29) is 28.9 Å². The van der Waals surface area contributed by atoms with E-state index in [4.69, 9.17) is 9.26 Å². The van der Waals surface area contributed by atoms with Gasteiger partial charge in [0.15, 0.2) is 0 Å². The van der Waals surface area contributed by atoms with Gasteiger partial charge in [0, 0.05) is 24.1 Å². The Kier molecular flexibility index (Phi) is 6.84. The quantitative estimate of drug-likeness (QED) is 0.485. The third-order valence-corrected chi connectivity index (χ3v) is 7.41. The molecule has 0 spiro atoms. The molecular formula is C30H38N4O3. The molecule has 0 bridgehead atoms. The summed E-state index contributed by atoms with van der Waals surface area (Å²) in [6.07, 6.45) is 2.59. The number of nitrogens with zero attached hydrogens (tertiary/aromatic N) is 3. The van der Waals surface area contributed by atoms with Gasteiger partial charge in [0.1, 0.15) is 11.4 Å². The largest absolute Gasteiger partial charge is 0.487 e. The molecule has 2 unspecified atom stereocenters. The van der Waals surface area contributed by atoms with E-state index in [0.717, 1.165) is 42.7 Å². The summed E-state index contributed by atoms with van der Waals surface area (Å²) in [7, 11) is 0. The smallest absolute Gasteiger partial charge is 0.241 e. The van der Waals surface area contributed by atoms with Crippen molar-refractivity contribution in [1.82, 2.24) is 20.4 Å². The van der Waals surface area contributed by atoms with Crippen LogP contribution >= 0.6 is 0 Å². The number of aromatic nitrogens is 2. The lowest BCUT2D eigenvalue weighted by Crippen LogP contribution is -2.46. The Balaban J connectivity index is 1.21. The highest BCUT2D eigenvalue weighted by atomic mass is 16.5. The first-order chi connectivity index (χ1) is 17.6. The lowest BCUT2D eigenvalue weighted by Gasteiger charge is -2.39. The average molecular weight is 503 g/mol. The predicted octanol–water partition coefficient (Wildman–Crippen LogP) is 5.66. The number of carbonyl (C=O) groups excluding carboxylic acids is 1. The first-order valence-electron chi connectivity index (χ1n) is 13.3. The van der Waals surface area contributed by atoms with Crippen LogP contribution in [-0.4, -0.2) is 39.6 Å². The Morgan fingerprint density at radius 1 is 1.14 bits per heavy atom. The van der Waals surface area contributed by atoms with Crippen molar-refractivity contribution in [2.24, 2.45) is 5.92 Å². The van der Waals surface area contributed by atoms with Crippen LogP contribution in [0.3, 0.4) is 0 Å². The summed E-state index contributed by atoms with van der Waals surface area (Å²) in [4.78, 5) is 20.2. The number of hydrogen-bond acceptors (Lipinski definition) is 6. The molecular weight excluding hydrogens is 464 g/mol. The molecule has 3 aromatic rings. The maximum Gasteiger partial charge on any atom is 0.241 e. The number of nitrogens with one attached hydrogen (secondary N) is 1. The molecule has 0 aliphatic carbocycles. The molecule has 0 radical (unpaired) electrons. The Hall–Kier alpha value is -3.19. The predicted molar refractivity (Wildman–Crippen MR) is 143 cm³/mol. The molecule has 3 heterocycles. The molecule has 7 heteroatoms. The highest BCUT2D eigenvalue weighted by Gasteiger charge is 2.36. The van der Waals surface area contributed by atoms with E-state index in [0.29, 0.717) is 24.8 Å². The number of likely N-dealkylation sites (tertiary alicyclic amines) is 1. The van der Waals surface area contributed by atoms with E-state index >= 15 is 0 Å². The Morgan fingerprint density at radius 2 is 1.89 bits per heavy atom. The fourth-order valence-corrected chi connectivity index (χ4v) is 5.38. The molecule has 196 valence electrons. The van der Waals surface area contributed by atoms with Crippen molar-refractivity contribution in [2.75, 3.05) is 13.1 Å². The van der Waals surface area contributed by atoms with Crippen LogP contribution in [0.25, 0.3) is 11.4 Å². The van der Waals surface area contributed by atoms with Crippen LogP contribution in [0.15, 0.2) is 53.1 Å². The Morgan fingerprint density at radius 3 is 2.65 bits per heavy atom. The van der Waals surface area contributed by atoms with Crippen molar-refractivity contribution < 1.29 is 14.1 Å². The van der Waals surface area contributed by atoms with Crippen LogP contribution in [0.2, 0.25) is 0 Å². The molecule has 1 aromatic heterocycles. The first-order valence-corrected chi connectivity index (χ1v) is 13.3. The summed E-state index contributed by atoms with van der Waals surface area (Å²) < 4.78 is 11.7. The topological polar surface area (TPSA) is 80.5 Å². The van der Waals surface area contributed by atoms with Crippen molar-refractivity contribution in [3.63, 3.8) is 0 Å². The minimum atomic E-state index is -0.326. The van der Waals surface area contributed by atoms with Gasteiger partial charge in [-0.1, -0.05) is 68.4 Å². The van der Waals surface area contributed by atoms with Crippen LogP contribution in [0, 0.1) is 5.92 Å².